The minimum Gasteiger partial charge on any atom is -0.331 e. The van der Waals surface area contributed by atoms with Gasteiger partial charge >= 0.3 is 6.18 Å². The number of imidazole rings is 1. The number of nitrogens with zero attached hydrogens (tertiary/aromatic N) is 1. The smallest absolute Gasteiger partial charge is 0.331 e. The van der Waals surface area contributed by atoms with Gasteiger partial charge in [0.2, 0.25) is 0 Å². The van der Waals surface area contributed by atoms with Gasteiger partial charge in [-0.2, -0.15) is 24.9 Å². The summed E-state index contributed by atoms with van der Waals surface area (Å²) in [6.45, 7) is 2.80. The van der Waals surface area contributed by atoms with E-state index < -0.39 is 11.7 Å². The first kappa shape index (κ1) is 15.4. The van der Waals surface area contributed by atoms with Crippen LogP contribution in [0.4, 0.5) is 13.2 Å². The number of alkyl halides is 3. The Morgan fingerprint density at radius 3 is 2.70 bits per heavy atom. The van der Waals surface area contributed by atoms with Crippen molar-refractivity contribution >= 4 is 35.0 Å². The third kappa shape index (κ3) is 3.20. The molecule has 1 aromatic heterocycles. The number of halogens is 3. The van der Waals surface area contributed by atoms with Gasteiger partial charge in [-0.25, -0.2) is 0 Å². The van der Waals surface area contributed by atoms with E-state index in [4.69, 9.17) is 12.2 Å². The number of aromatic amines is 1. The topological polar surface area (TPSA) is 20.7 Å². The van der Waals surface area contributed by atoms with Crippen LogP contribution in [-0.2, 0) is 12.7 Å². The van der Waals surface area contributed by atoms with Crippen LogP contribution >= 0.6 is 24.0 Å². The second-order valence-electron chi connectivity index (χ2n) is 4.83. The van der Waals surface area contributed by atoms with E-state index in [-0.39, 0.29) is 0 Å². The van der Waals surface area contributed by atoms with E-state index in [0.717, 1.165) is 23.4 Å². The molecule has 2 rings (SSSR count). The van der Waals surface area contributed by atoms with E-state index in [1.54, 1.807) is 11.8 Å². The number of rotatable bonds is 4. The minimum absolute atomic E-state index is 0.401. The Morgan fingerprint density at radius 2 is 2.10 bits per heavy atom. The first-order valence-corrected chi connectivity index (χ1v) is 7.92. The molecule has 1 unspecified atom stereocenters. The molecule has 110 valence electrons. The molecule has 0 aliphatic carbocycles. The van der Waals surface area contributed by atoms with Gasteiger partial charge in [-0.15, -0.1) is 0 Å². The Morgan fingerprint density at radius 1 is 1.40 bits per heavy atom. The van der Waals surface area contributed by atoms with Crippen LogP contribution in [-0.4, -0.2) is 21.6 Å². The summed E-state index contributed by atoms with van der Waals surface area (Å²) in [5.74, 6) is 1.38. The zero-order valence-corrected chi connectivity index (χ0v) is 12.8. The maximum atomic E-state index is 12.7. The minimum atomic E-state index is -4.34. The molecule has 2 nitrogen and oxygen atoms in total. The summed E-state index contributed by atoms with van der Waals surface area (Å²) < 4.78 is 40.4. The average molecular weight is 320 g/mol. The lowest BCUT2D eigenvalue weighted by molar-refractivity contribution is -0.137. The first-order valence-electron chi connectivity index (χ1n) is 6.11. The Kier molecular flexibility index (Phi) is 4.49. The highest BCUT2D eigenvalue weighted by Crippen LogP contribution is 2.31. The van der Waals surface area contributed by atoms with E-state index >= 15 is 0 Å². The Labute approximate surface area is 124 Å². The first-order chi connectivity index (χ1) is 9.32. The SMILES string of the molecule is CSCC(C)Cn1c(=S)[nH]c2cc(C(F)(F)F)ccc21. The van der Waals surface area contributed by atoms with Crippen LogP contribution in [0, 0.1) is 10.7 Å². The maximum absolute atomic E-state index is 12.7. The van der Waals surface area contributed by atoms with Crippen LogP contribution < -0.4 is 0 Å². The summed E-state index contributed by atoms with van der Waals surface area (Å²) in [6, 6.07) is 3.69. The molecular formula is C13H15F3N2S2. The molecule has 1 atom stereocenters. The molecule has 0 saturated heterocycles. The summed E-state index contributed by atoms with van der Waals surface area (Å²) in [5, 5.41) is 0. The molecule has 1 N–H and O–H groups in total. The number of hydrogen-bond acceptors (Lipinski definition) is 2. The van der Waals surface area contributed by atoms with Crippen molar-refractivity contribution in [3.8, 4) is 0 Å². The lowest BCUT2D eigenvalue weighted by Gasteiger charge is -2.12. The second kappa shape index (κ2) is 5.81. The summed E-state index contributed by atoms with van der Waals surface area (Å²) in [7, 11) is 0. The predicted molar refractivity (Wildman–Crippen MR) is 79.7 cm³/mol. The second-order valence-corrected chi connectivity index (χ2v) is 6.13. The van der Waals surface area contributed by atoms with Gasteiger partial charge in [-0.3, -0.25) is 0 Å². The van der Waals surface area contributed by atoms with Crippen LogP contribution in [0.2, 0.25) is 0 Å². The lowest BCUT2D eigenvalue weighted by atomic mass is 10.2. The molecule has 7 heteroatoms. The van der Waals surface area contributed by atoms with Crippen molar-refractivity contribution in [1.82, 2.24) is 9.55 Å². The molecule has 0 saturated carbocycles. The van der Waals surface area contributed by atoms with Crippen LogP contribution in [0.5, 0.6) is 0 Å². The molecule has 0 bridgehead atoms. The molecule has 0 spiro atoms. The van der Waals surface area contributed by atoms with Crippen molar-refractivity contribution < 1.29 is 13.2 Å². The summed E-state index contributed by atoms with van der Waals surface area (Å²) in [4.78, 5) is 2.86. The van der Waals surface area contributed by atoms with Gasteiger partial charge in [0.25, 0.3) is 0 Å². The van der Waals surface area contributed by atoms with Crippen molar-refractivity contribution in [2.75, 3.05) is 12.0 Å². The van der Waals surface area contributed by atoms with Gasteiger partial charge in [0, 0.05) is 6.54 Å². The Balaban J connectivity index is 2.43. The maximum Gasteiger partial charge on any atom is 0.416 e. The zero-order chi connectivity index (χ0) is 14.9. The Bertz CT molecular complexity index is 658. The molecule has 1 heterocycles. The number of nitrogens with one attached hydrogen (secondary N) is 1. The van der Waals surface area contributed by atoms with Gasteiger partial charge < -0.3 is 9.55 Å². The fraction of sp³-hybridized carbons (Fsp3) is 0.462. The van der Waals surface area contributed by atoms with Gasteiger partial charge in [-0.05, 0) is 48.3 Å². The predicted octanol–water partition coefficient (Wildman–Crippen LogP) is 4.72. The monoisotopic (exact) mass is 320 g/mol. The van der Waals surface area contributed by atoms with Crippen molar-refractivity contribution in [2.45, 2.75) is 19.6 Å². The van der Waals surface area contributed by atoms with Gasteiger partial charge in [0.15, 0.2) is 4.77 Å². The number of fused-ring (bicyclic) bond motifs is 1. The largest absolute Gasteiger partial charge is 0.416 e. The molecule has 2 aromatic rings. The van der Waals surface area contributed by atoms with E-state index in [9.17, 15) is 13.2 Å². The van der Waals surface area contributed by atoms with Crippen LogP contribution in [0.25, 0.3) is 11.0 Å². The molecular weight excluding hydrogens is 305 g/mol. The summed E-state index contributed by atoms with van der Waals surface area (Å²) >= 11 is 6.95. The fourth-order valence-electron chi connectivity index (χ4n) is 2.17. The number of hydrogen-bond donors (Lipinski definition) is 1. The highest BCUT2D eigenvalue weighted by atomic mass is 32.2. The Hall–Kier alpha value is -0.950. The molecule has 0 radical (unpaired) electrons. The van der Waals surface area contributed by atoms with Gasteiger partial charge in [0.05, 0.1) is 16.6 Å². The van der Waals surface area contributed by atoms with E-state index in [0.29, 0.717) is 22.8 Å². The zero-order valence-electron chi connectivity index (χ0n) is 11.1. The molecule has 0 fully saturated rings. The molecule has 0 aliphatic rings. The third-order valence-corrected chi connectivity index (χ3v) is 4.27. The number of H-pyrrole nitrogens is 1. The molecule has 0 aliphatic heterocycles. The fourth-order valence-corrected chi connectivity index (χ4v) is 3.13. The quantitative estimate of drug-likeness (QED) is 0.823. The van der Waals surface area contributed by atoms with E-state index in [1.165, 1.54) is 6.07 Å². The highest BCUT2D eigenvalue weighted by molar-refractivity contribution is 7.98. The van der Waals surface area contributed by atoms with Gasteiger partial charge in [-0.1, -0.05) is 6.92 Å². The van der Waals surface area contributed by atoms with Crippen LogP contribution in [0.3, 0.4) is 0 Å². The summed E-state index contributed by atoms with van der Waals surface area (Å²) in [5.41, 5.74) is 0.489. The van der Waals surface area contributed by atoms with E-state index in [1.807, 2.05) is 10.8 Å². The standard InChI is InChI=1S/C13H15F3N2S2/c1-8(7-20-2)6-18-11-4-3-9(13(14,15)16)5-10(11)17-12(18)19/h3-5,8H,6-7H2,1-2H3,(H,17,19). The van der Waals surface area contributed by atoms with Crippen LogP contribution in [0.1, 0.15) is 12.5 Å². The number of thioether (sulfide) groups is 1. The summed E-state index contributed by atoms with van der Waals surface area (Å²) in [6.07, 6.45) is -2.31. The third-order valence-electron chi connectivity index (χ3n) is 3.05. The van der Waals surface area contributed by atoms with Crippen molar-refractivity contribution in [3.05, 3.63) is 28.5 Å². The molecule has 0 amide bonds. The molecule has 1 aromatic carbocycles. The lowest BCUT2D eigenvalue weighted by Crippen LogP contribution is -2.10. The van der Waals surface area contributed by atoms with Crippen molar-refractivity contribution in [1.29, 1.82) is 0 Å². The van der Waals surface area contributed by atoms with Crippen molar-refractivity contribution in [3.63, 3.8) is 0 Å². The normalized spacial score (nSPS) is 13.8. The molecule has 20 heavy (non-hydrogen) atoms. The van der Waals surface area contributed by atoms with Gasteiger partial charge in [0.1, 0.15) is 0 Å². The van der Waals surface area contributed by atoms with Crippen LogP contribution in [0.15, 0.2) is 18.2 Å². The van der Waals surface area contributed by atoms with E-state index in [2.05, 4.69) is 11.9 Å². The highest BCUT2D eigenvalue weighted by Gasteiger charge is 2.30. The average Bonchev–Trinajstić information content (AvgIpc) is 2.64. The van der Waals surface area contributed by atoms with Crippen molar-refractivity contribution in [2.24, 2.45) is 5.92 Å². The number of benzene rings is 1. The number of aromatic nitrogens is 2.